The number of rotatable bonds is 4. The average molecular weight is 185 g/mol. The first-order chi connectivity index (χ1) is 5.97. The Morgan fingerprint density at radius 1 is 1.77 bits per heavy atom. The van der Waals surface area contributed by atoms with Crippen LogP contribution in [0.1, 0.15) is 27.2 Å². The minimum Gasteiger partial charge on any atom is -0.409 e. The van der Waals surface area contributed by atoms with E-state index in [0.717, 1.165) is 12.5 Å². The van der Waals surface area contributed by atoms with Crippen LogP contribution in [0.3, 0.4) is 0 Å². The normalized spacial score (nSPS) is 28.5. The molecule has 1 aliphatic carbocycles. The van der Waals surface area contributed by atoms with Gasteiger partial charge in [0.25, 0.3) is 0 Å². The quantitative estimate of drug-likeness (QED) is 0.262. The minimum absolute atomic E-state index is 0.0404. The van der Waals surface area contributed by atoms with Crippen LogP contribution in [0.2, 0.25) is 0 Å². The van der Waals surface area contributed by atoms with Crippen LogP contribution >= 0.6 is 0 Å². The van der Waals surface area contributed by atoms with Crippen molar-refractivity contribution in [3.63, 3.8) is 0 Å². The van der Waals surface area contributed by atoms with E-state index in [1.165, 1.54) is 6.42 Å². The SMILES string of the molecule is CC(NCC1CC1(C)C)C(N)=NO. The lowest BCUT2D eigenvalue weighted by atomic mass is 10.1. The van der Waals surface area contributed by atoms with Gasteiger partial charge in [0, 0.05) is 0 Å². The highest BCUT2D eigenvalue weighted by atomic mass is 16.4. The van der Waals surface area contributed by atoms with Crippen molar-refractivity contribution in [1.29, 1.82) is 0 Å². The van der Waals surface area contributed by atoms with Gasteiger partial charge >= 0.3 is 0 Å². The van der Waals surface area contributed by atoms with Gasteiger partial charge in [-0.05, 0) is 31.2 Å². The highest BCUT2D eigenvalue weighted by Gasteiger charge is 2.44. The predicted molar refractivity (Wildman–Crippen MR) is 52.8 cm³/mol. The summed E-state index contributed by atoms with van der Waals surface area (Å²) in [7, 11) is 0. The van der Waals surface area contributed by atoms with Crippen molar-refractivity contribution < 1.29 is 5.21 Å². The molecule has 1 aliphatic rings. The molecule has 2 atom stereocenters. The summed E-state index contributed by atoms with van der Waals surface area (Å²) in [6.07, 6.45) is 1.27. The molecule has 0 spiro atoms. The molecule has 1 rings (SSSR count). The first-order valence-corrected chi connectivity index (χ1v) is 4.68. The summed E-state index contributed by atoms with van der Waals surface area (Å²) in [5.74, 6) is 0.986. The van der Waals surface area contributed by atoms with Crippen molar-refractivity contribution in [3.8, 4) is 0 Å². The standard InChI is InChI=1S/C9H19N3O/c1-6(8(10)12-13)11-5-7-4-9(7,2)3/h6-7,11,13H,4-5H2,1-3H3,(H2,10,12). The Morgan fingerprint density at radius 2 is 2.31 bits per heavy atom. The summed E-state index contributed by atoms with van der Waals surface area (Å²) in [6, 6.07) is -0.0404. The van der Waals surface area contributed by atoms with Gasteiger partial charge in [0.2, 0.25) is 0 Å². The zero-order valence-electron chi connectivity index (χ0n) is 8.54. The summed E-state index contributed by atoms with van der Waals surface area (Å²) in [5, 5.41) is 14.6. The maximum absolute atomic E-state index is 8.41. The van der Waals surface area contributed by atoms with E-state index in [0.29, 0.717) is 5.41 Å². The van der Waals surface area contributed by atoms with Gasteiger partial charge in [0.1, 0.15) is 0 Å². The average Bonchev–Trinajstić information content (AvgIpc) is 2.68. The zero-order chi connectivity index (χ0) is 10.1. The number of hydrogen-bond acceptors (Lipinski definition) is 3. The molecular weight excluding hydrogens is 166 g/mol. The number of amidine groups is 1. The lowest BCUT2D eigenvalue weighted by Crippen LogP contribution is -2.40. The summed E-state index contributed by atoms with van der Waals surface area (Å²) in [4.78, 5) is 0. The van der Waals surface area contributed by atoms with Crippen LogP contribution in [0.25, 0.3) is 0 Å². The number of nitrogens with two attached hydrogens (primary N) is 1. The van der Waals surface area contributed by atoms with Crippen molar-refractivity contribution in [3.05, 3.63) is 0 Å². The summed E-state index contributed by atoms with van der Waals surface area (Å²) < 4.78 is 0. The molecule has 4 N–H and O–H groups in total. The Morgan fingerprint density at radius 3 is 2.69 bits per heavy atom. The second kappa shape index (κ2) is 3.54. The molecule has 0 radical (unpaired) electrons. The van der Waals surface area contributed by atoms with E-state index in [-0.39, 0.29) is 11.9 Å². The van der Waals surface area contributed by atoms with Gasteiger partial charge in [0.15, 0.2) is 5.84 Å². The van der Waals surface area contributed by atoms with Crippen molar-refractivity contribution in [1.82, 2.24) is 5.32 Å². The summed E-state index contributed by atoms with van der Waals surface area (Å²) in [5.41, 5.74) is 5.91. The van der Waals surface area contributed by atoms with E-state index in [1.54, 1.807) is 0 Å². The van der Waals surface area contributed by atoms with E-state index in [2.05, 4.69) is 24.3 Å². The van der Waals surface area contributed by atoms with E-state index in [9.17, 15) is 0 Å². The van der Waals surface area contributed by atoms with E-state index in [4.69, 9.17) is 10.9 Å². The monoisotopic (exact) mass is 185 g/mol. The third-order valence-corrected chi connectivity index (χ3v) is 2.95. The molecule has 4 heteroatoms. The van der Waals surface area contributed by atoms with E-state index >= 15 is 0 Å². The molecule has 1 saturated carbocycles. The fourth-order valence-electron chi connectivity index (χ4n) is 1.43. The third-order valence-electron chi connectivity index (χ3n) is 2.95. The van der Waals surface area contributed by atoms with Gasteiger partial charge in [-0.1, -0.05) is 19.0 Å². The number of nitrogens with one attached hydrogen (secondary N) is 1. The Bertz CT molecular complexity index is 213. The van der Waals surface area contributed by atoms with E-state index < -0.39 is 0 Å². The molecule has 0 bridgehead atoms. The molecule has 0 aromatic rings. The van der Waals surface area contributed by atoms with Gasteiger partial charge in [-0.3, -0.25) is 0 Å². The van der Waals surface area contributed by atoms with Crippen LogP contribution in [0, 0.1) is 11.3 Å². The van der Waals surface area contributed by atoms with Crippen molar-refractivity contribution in [2.75, 3.05) is 6.54 Å². The van der Waals surface area contributed by atoms with Crippen molar-refractivity contribution in [2.24, 2.45) is 22.2 Å². The van der Waals surface area contributed by atoms with Crippen LogP contribution in [0.15, 0.2) is 5.16 Å². The van der Waals surface area contributed by atoms with Gasteiger partial charge in [-0.15, -0.1) is 0 Å². The van der Waals surface area contributed by atoms with Gasteiger partial charge in [-0.25, -0.2) is 0 Å². The maximum Gasteiger partial charge on any atom is 0.156 e. The second-order valence-corrected chi connectivity index (χ2v) is 4.54. The first-order valence-electron chi connectivity index (χ1n) is 4.68. The lowest BCUT2D eigenvalue weighted by molar-refractivity contribution is 0.315. The van der Waals surface area contributed by atoms with Gasteiger partial charge in [-0.2, -0.15) is 0 Å². The molecule has 76 valence electrons. The fraction of sp³-hybridized carbons (Fsp3) is 0.889. The summed E-state index contributed by atoms with van der Waals surface area (Å²) in [6.45, 7) is 7.36. The minimum atomic E-state index is -0.0404. The summed E-state index contributed by atoms with van der Waals surface area (Å²) >= 11 is 0. The van der Waals surface area contributed by atoms with Gasteiger partial charge < -0.3 is 16.3 Å². The van der Waals surface area contributed by atoms with Crippen LogP contribution in [0.5, 0.6) is 0 Å². The highest BCUT2D eigenvalue weighted by molar-refractivity contribution is 5.84. The Labute approximate surface area is 79.2 Å². The zero-order valence-corrected chi connectivity index (χ0v) is 8.54. The highest BCUT2D eigenvalue weighted by Crippen LogP contribution is 2.50. The fourth-order valence-corrected chi connectivity index (χ4v) is 1.43. The number of hydrogen-bond donors (Lipinski definition) is 3. The first kappa shape index (κ1) is 10.3. The molecule has 2 unspecified atom stereocenters. The lowest BCUT2D eigenvalue weighted by Gasteiger charge is -2.12. The Hall–Kier alpha value is -0.770. The molecular formula is C9H19N3O. The number of nitrogens with zero attached hydrogens (tertiary/aromatic N) is 1. The Balaban J connectivity index is 2.21. The molecule has 1 fully saturated rings. The van der Waals surface area contributed by atoms with Gasteiger partial charge in [0.05, 0.1) is 6.04 Å². The van der Waals surface area contributed by atoms with Crippen LogP contribution in [0.4, 0.5) is 0 Å². The molecule has 0 saturated heterocycles. The van der Waals surface area contributed by atoms with E-state index in [1.807, 2.05) is 6.92 Å². The maximum atomic E-state index is 8.41. The van der Waals surface area contributed by atoms with Crippen molar-refractivity contribution in [2.45, 2.75) is 33.2 Å². The third kappa shape index (κ3) is 2.59. The van der Waals surface area contributed by atoms with Crippen molar-refractivity contribution >= 4 is 5.84 Å². The Kier molecular flexibility index (Phi) is 2.81. The smallest absolute Gasteiger partial charge is 0.156 e. The second-order valence-electron chi connectivity index (χ2n) is 4.54. The predicted octanol–water partition coefficient (Wildman–Crippen LogP) is 0.757. The molecule has 0 aromatic carbocycles. The molecule has 13 heavy (non-hydrogen) atoms. The molecule has 0 aliphatic heterocycles. The van der Waals surface area contributed by atoms with Crippen LogP contribution < -0.4 is 11.1 Å². The molecule has 0 heterocycles. The topological polar surface area (TPSA) is 70.6 Å². The van der Waals surface area contributed by atoms with Crippen LogP contribution in [-0.4, -0.2) is 23.6 Å². The number of oxime groups is 1. The molecule has 0 aromatic heterocycles. The molecule has 4 nitrogen and oxygen atoms in total. The van der Waals surface area contributed by atoms with Crippen LogP contribution in [-0.2, 0) is 0 Å². The molecule has 0 amide bonds. The largest absolute Gasteiger partial charge is 0.409 e.